The van der Waals surface area contributed by atoms with Crippen molar-refractivity contribution in [1.82, 2.24) is 5.32 Å². The molecule has 0 amide bonds. The second kappa shape index (κ2) is 11.3. The fourth-order valence-corrected chi connectivity index (χ4v) is 5.28. The molecule has 0 aliphatic carbocycles. The number of thiocarbonyl (C=S) groups is 1. The number of hydrogen-bond donors (Lipinski definition) is 6. The van der Waals surface area contributed by atoms with E-state index in [2.05, 4.69) is 20.9 Å². The summed E-state index contributed by atoms with van der Waals surface area (Å²) < 4.78 is 11.8. The number of carbonyl (C=O) groups is 1. The van der Waals surface area contributed by atoms with Crippen LogP contribution < -0.4 is 25.4 Å². The molecule has 0 aromatic heterocycles. The fraction of sp³-hybridized carbons (Fsp3) is 0.129. The number of nitrogens with one attached hydrogen (secondary N) is 3. The average Bonchev–Trinajstić information content (AvgIpc) is 3.49. The summed E-state index contributed by atoms with van der Waals surface area (Å²) in [5.41, 5.74) is 3.12. The second-order valence-corrected chi connectivity index (χ2v) is 10.1. The number of carboxylic acids is 1. The molecule has 0 radical (unpaired) electrons. The van der Waals surface area contributed by atoms with Crippen molar-refractivity contribution < 1.29 is 29.6 Å². The van der Waals surface area contributed by atoms with Crippen LogP contribution in [0.5, 0.6) is 28.7 Å². The van der Waals surface area contributed by atoms with Gasteiger partial charge in [-0.05, 0) is 54.2 Å². The van der Waals surface area contributed by atoms with Crippen LogP contribution in [-0.4, -0.2) is 51.9 Å². The number of carboxylic acid groups (broad SMARTS) is 1. The van der Waals surface area contributed by atoms with Gasteiger partial charge in [-0.15, -0.1) is 0 Å². The second-order valence-electron chi connectivity index (χ2n) is 9.74. The third-order valence-electron chi connectivity index (χ3n) is 6.90. The monoisotopic (exact) mass is 582 g/mol. The van der Waals surface area contributed by atoms with E-state index in [1.807, 2.05) is 24.3 Å². The van der Waals surface area contributed by atoms with Gasteiger partial charge in [0.15, 0.2) is 5.11 Å². The molecule has 2 aliphatic rings. The van der Waals surface area contributed by atoms with Crippen molar-refractivity contribution in [2.24, 2.45) is 4.99 Å². The number of rotatable bonds is 7. The van der Waals surface area contributed by atoms with Crippen molar-refractivity contribution in [3.8, 4) is 28.7 Å². The van der Waals surface area contributed by atoms with E-state index in [1.165, 1.54) is 30.3 Å². The summed E-state index contributed by atoms with van der Waals surface area (Å²) in [7, 11) is 0. The highest BCUT2D eigenvalue weighted by Gasteiger charge is 2.32. The molecule has 11 heteroatoms. The van der Waals surface area contributed by atoms with Gasteiger partial charge in [0, 0.05) is 53.2 Å². The van der Waals surface area contributed by atoms with Crippen molar-refractivity contribution in [3.05, 3.63) is 101 Å². The molecule has 6 rings (SSSR count). The van der Waals surface area contributed by atoms with Crippen LogP contribution in [0.25, 0.3) is 0 Å². The highest BCUT2D eigenvalue weighted by molar-refractivity contribution is 7.80. The summed E-state index contributed by atoms with van der Waals surface area (Å²) in [4.78, 5) is 16.8. The number of fused-ring (bicyclic) bond motifs is 2. The van der Waals surface area contributed by atoms with E-state index in [1.54, 1.807) is 24.3 Å². The zero-order valence-corrected chi connectivity index (χ0v) is 22.9. The number of amidine groups is 1. The molecule has 0 unspecified atom stereocenters. The Morgan fingerprint density at radius 3 is 2.24 bits per heavy atom. The van der Waals surface area contributed by atoms with E-state index in [0.717, 1.165) is 18.9 Å². The number of phenols is 2. The Hall–Kier alpha value is -5.29. The van der Waals surface area contributed by atoms with E-state index in [0.29, 0.717) is 51.9 Å². The maximum Gasteiger partial charge on any atom is 0.336 e. The molecule has 0 bridgehead atoms. The number of benzene rings is 4. The Bertz CT molecular complexity index is 1690. The first-order chi connectivity index (χ1) is 20.3. The summed E-state index contributed by atoms with van der Waals surface area (Å²) in [6.07, 6.45) is 0. The van der Waals surface area contributed by atoms with Crippen LogP contribution in [0, 0.1) is 0 Å². The number of anilines is 2. The smallest absolute Gasteiger partial charge is 0.336 e. The minimum Gasteiger partial charge on any atom is -0.508 e. The first-order valence-corrected chi connectivity index (χ1v) is 13.5. The molecule has 0 saturated carbocycles. The van der Waals surface area contributed by atoms with E-state index >= 15 is 0 Å². The molecular weight excluding hydrogens is 556 g/mol. The molecule has 0 fully saturated rings. The normalized spacial score (nSPS) is 13.6. The fourth-order valence-electron chi connectivity index (χ4n) is 5.04. The third kappa shape index (κ3) is 5.63. The van der Waals surface area contributed by atoms with Crippen molar-refractivity contribution in [1.29, 1.82) is 0 Å². The van der Waals surface area contributed by atoms with Gasteiger partial charge in [0.1, 0.15) is 41.2 Å². The van der Waals surface area contributed by atoms with Crippen LogP contribution in [0.4, 0.5) is 11.4 Å². The minimum absolute atomic E-state index is 0.00689. The minimum atomic E-state index is -1.12. The predicted molar refractivity (Wildman–Crippen MR) is 163 cm³/mol. The summed E-state index contributed by atoms with van der Waals surface area (Å²) in [5.74, 6) is 0.582. The zero-order valence-electron chi connectivity index (χ0n) is 22.1. The lowest BCUT2D eigenvalue weighted by molar-refractivity contribution is 0.0695. The number of aliphatic imine (C=N–C) groups is 1. The van der Waals surface area contributed by atoms with Crippen molar-refractivity contribution in [3.63, 3.8) is 0 Å². The molecular formula is C31H26N4O6S. The van der Waals surface area contributed by atoms with Crippen LogP contribution in [0.2, 0.25) is 0 Å². The summed E-state index contributed by atoms with van der Waals surface area (Å²) >= 11 is 5.51. The number of aromatic hydroxyl groups is 2. The quantitative estimate of drug-likeness (QED) is 0.140. The SMILES string of the molecule is O=C(O)c1cc(NC(=S)Nc2cccc(OCC3=NCCN3)c2)ccc1C1c2ccc(O)cc2Oc2cc(O)ccc21. The van der Waals surface area contributed by atoms with Crippen LogP contribution in [-0.2, 0) is 0 Å². The Morgan fingerprint density at radius 1 is 0.929 bits per heavy atom. The lowest BCUT2D eigenvalue weighted by atomic mass is 9.80. The Kier molecular flexibility index (Phi) is 7.24. The highest BCUT2D eigenvalue weighted by Crippen LogP contribution is 2.49. The van der Waals surface area contributed by atoms with Gasteiger partial charge in [-0.1, -0.05) is 24.3 Å². The van der Waals surface area contributed by atoms with Crippen molar-refractivity contribution in [2.75, 3.05) is 30.3 Å². The molecule has 2 heterocycles. The topological polar surface area (TPSA) is 145 Å². The van der Waals surface area contributed by atoms with Gasteiger partial charge in [0.05, 0.1) is 12.1 Å². The maximum absolute atomic E-state index is 12.5. The van der Waals surface area contributed by atoms with Gasteiger partial charge in [-0.3, -0.25) is 4.99 Å². The number of aromatic carboxylic acids is 1. The Labute approximate surface area is 246 Å². The van der Waals surface area contributed by atoms with E-state index < -0.39 is 11.9 Å². The molecule has 4 aromatic rings. The van der Waals surface area contributed by atoms with E-state index in [4.69, 9.17) is 21.7 Å². The summed E-state index contributed by atoms with van der Waals surface area (Å²) in [5, 5.41) is 39.9. The van der Waals surface area contributed by atoms with Crippen LogP contribution in [0.3, 0.4) is 0 Å². The predicted octanol–water partition coefficient (Wildman–Crippen LogP) is 5.27. The van der Waals surface area contributed by atoms with Crippen LogP contribution >= 0.6 is 12.2 Å². The molecule has 2 aliphatic heterocycles. The van der Waals surface area contributed by atoms with Gasteiger partial charge in [-0.25, -0.2) is 4.79 Å². The highest BCUT2D eigenvalue weighted by atomic mass is 32.1. The maximum atomic E-state index is 12.5. The zero-order chi connectivity index (χ0) is 29.2. The molecule has 10 nitrogen and oxygen atoms in total. The number of phenolic OH excluding ortho intramolecular Hbond substituents is 2. The van der Waals surface area contributed by atoms with Crippen molar-refractivity contribution >= 4 is 40.5 Å². The van der Waals surface area contributed by atoms with Gasteiger partial charge in [0.2, 0.25) is 0 Å². The Morgan fingerprint density at radius 2 is 1.60 bits per heavy atom. The van der Waals surface area contributed by atoms with Crippen molar-refractivity contribution in [2.45, 2.75) is 5.92 Å². The largest absolute Gasteiger partial charge is 0.508 e. The molecule has 4 aromatic carbocycles. The molecule has 212 valence electrons. The van der Waals surface area contributed by atoms with Crippen LogP contribution in [0.15, 0.2) is 83.9 Å². The third-order valence-corrected chi connectivity index (χ3v) is 7.10. The first-order valence-electron chi connectivity index (χ1n) is 13.1. The summed E-state index contributed by atoms with van der Waals surface area (Å²) in [6, 6.07) is 21.7. The standard InChI is InChI=1S/C31H26N4O6S/c36-19-5-8-23-26(14-19)41-27-15-20(37)6-9-24(27)29(23)22-7-4-18(13-25(22)30(38)39)35-31(42)34-17-2-1-3-21(12-17)40-16-28-32-10-11-33-28/h1-9,12-15,29,36-37H,10-11,16H2,(H,32,33)(H,38,39)(H2,34,35,42). The first kappa shape index (κ1) is 26.9. The van der Waals surface area contributed by atoms with Gasteiger partial charge in [-0.2, -0.15) is 0 Å². The van der Waals surface area contributed by atoms with Gasteiger partial charge < -0.3 is 40.7 Å². The van der Waals surface area contributed by atoms with Crippen LogP contribution in [0.1, 0.15) is 33.0 Å². The number of hydrogen-bond acceptors (Lipinski definition) is 8. The molecule has 6 N–H and O–H groups in total. The number of ether oxygens (including phenoxy) is 2. The summed E-state index contributed by atoms with van der Waals surface area (Å²) in [6.45, 7) is 1.91. The molecule has 0 atom stereocenters. The lowest BCUT2D eigenvalue weighted by Crippen LogP contribution is -2.25. The van der Waals surface area contributed by atoms with Gasteiger partial charge in [0.25, 0.3) is 0 Å². The number of nitrogens with zero attached hydrogens (tertiary/aromatic N) is 1. The average molecular weight is 583 g/mol. The molecule has 42 heavy (non-hydrogen) atoms. The van der Waals surface area contributed by atoms with E-state index in [9.17, 15) is 20.1 Å². The van der Waals surface area contributed by atoms with Gasteiger partial charge >= 0.3 is 5.97 Å². The molecule has 0 saturated heterocycles. The lowest BCUT2D eigenvalue weighted by Gasteiger charge is -2.30. The Balaban J connectivity index is 1.24. The van der Waals surface area contributed by atoms with E-state index in [-0.39, 0.29) is 22.2 Å². The molecule has 0 spiro atoms.